The zero-order valence-electron chi connectivity index (χ0n) is 16.5. The summed E-state index contributed by atoms with van der Waals surface area (Å²) in [5.74, 6) is 0.653. The average molecular weight is 384 g/mol. The van der Waals surface area contributed by atoms with Gasteiger partial charge >= 0.3 is 0 Å². The second-order valence-corrected chi connectivity index (χ2v) is 8.22. The molecule has 28 heavy (non-hydrogen) atoms. The van der Waals surface area contributed by atoms with Gasteiger partial charge in [-0.2, -0.15) is 5.26 Å². The van der Waals surface area contributed by atoms with Gasteiger partial charge in [0.1, 0.15) is 11.6 Å². The average Bonchev–Trinajstić information content (AvgIpc) is 3.24. The predicted molar refractivity (Wildman–Crippen MR) is 104 cm³/mol. The fourth-order valence-electron chi connectivity index (χ4n) is 4.89. The van der Waals surface area contributed by atoms with Gasteiger partial charge in [-0.1, -0.05) is 0 Å². The molecule has 4 heterocycles. The Labute approximate surface area is 166 Å². The Morgan fingerprint density at radius 3 is 2.89 bits per heavy atom. The molecule has 1 atom stereocenters. The Morgan fingerprint density at radius 2 is 2.21 bits per heavy atom. The molecule has 1 spiro atoms. The lowest BCUT2D eigenvalue weighted by molar-refractivity contribution is -0.140. The zero-order chi connectivity index (χ0) is 19.6. The molecule has 0 aliphatic carbocycles. The number of rotatable bonds is 4. The first-order valence-corrected chi connectivity index (χ1v) is 10.2. The molecule has 3 saturated heterocycles. The summed E-state index contributed by atoms with van der Waals surface area (Å²) in [6.07, 6.45) is 7.72. The third kappa shape index (κ3) is 3.66. The molecule has 0 unspecified atom stereocenters. The maximum atomic E-state index is 12.5. The molecule has 0 saturated carbocycles. The molecule has 0 aromatic carbocycles. The molecule has 1 amide bonds. The normalized spacial score (nSPS) is 24.4. The van der Waals surface area contributed by atoms with Crippen molar-refractivity contribution in [3.8, 4) is 11.9 Å². The predicted octanol–water partition coefficient (Wildman–Crippen LogP) is 2.35. The van der Waals surface area contributed by atoms with Gasteiger partial charge in [-0.15, -0.1) is 0 Å². The summed E-state index contributed by atoms with van der Waals surface area (Å²) in [6.45, 7) is 4.16. The van der Waals surface area contributed by atoms with Crippen molar-refractivity contribution in [2.45, 2.75) is 44.6 Å². The van der Waals surface area contributed by atoms with Gasteiger partial charge in [-0.25, -0.2) is 4.98 Å². The van der Waals surface area contributed by atoms with E-state index in [9.17, 15) is 10.1 Å². The SMILES string of the molecule is COc1nccc(N2CCC3(CCC(=O)N(C[C@@H]4CCCO4)C3)CC2)c1C#N. The molecule has 0 bridgehead atoms. The molecule has 7 nitrogen and oxygen atoms in total. The number of hydrogen-bond acceptors (Lipinski definition) is 6. The van der Waals surface area contributed by atoms with E-state index in [2.05, 4.69) is 16.0 Å². The van der Waals surface area contributed by atoms with Crippen LogP contribution in [0.1, 0.15) is 44.1 Å². The molecule has 150 valence electrons. The van der Waals surface area contributed by atoms with Crippen LogP contribution in [0.2, 0.25) is 0 Å². The number of amides is 1. The number of ether oxygens (including phenoxy) is 2. The summed E-state index contributed by atoms with van der Waals surface area (Å²) in [5, 5.41) is 9.55. The van der Waals surface area contributed by atoms with Gasteiger partial charge in [0, 0.05) is 45.4 Å². The molecule has 1 aromatic rings. The van der Waals surface area contributed by atoms with Crippen molar-refractivity contribution in [3.05, 3.63) is 17.8 Å². The van der Waals surface area contributed by atoms with Crippen molar-refractivity contribution in [1.29, 1.82) is 5.26 Å². The summed E-state index contributed by atoms with van der Waals surface area (Å²) >= 11 is 0. The van der Waals surface area contributed by atoms with Crippen molar-refractivity contribution < 1.29 is 14.3 Å². The molecule has 0 radical (unpaired) electrons. The number of methoxy groups -OCH3 is 1. The van der Waals surface area contributed by atoms with Gasteiger partial charge in [0.15, 0.2) is 0 Å². The minimum absolute atomic E-state index is 0.187. The van der Waals surface area contributed by atoms with Gasteiger partial charge in [-0.3, -0.25) is 4.79 Å². The lowest BCUT2D eigenvalue weighted by Crippen LogP contribution is -2.53. The van der Waals surface area contributed by atoms with Crippen molar-refractivity contribution in [2.24, 2.45) is 5.41 Å². The van der Waals surface area contributed by atoms with Crippen LogP contribution in [-0.2, 0) is 9.53 Å². The summed E-state index contributed by atoms with van der Waals surface area (Å²) in [5.41, 5.74) is 1.58. The van der Waals surface area contributed by atoms with E-state index >= 15 is 0 Å². The summed E-state index contributed by atoms with van der Waals surface area (Å²) < 4.78 is 11.0. The molecule has 3 aliphatic rings. The second-order valence-electron chi connectivity index (χ2n) is 8.22. The number of nitriles is 1. The molecular weight excluding hydrogens is 356 g/mol. The van der Waals surface area contributed by atoms with Crippen molar-refractivity contribution in [3.63, 3.8) is 0 Å². The largest absolute Gasteiger partial charge is 0.480 e. The van der Waals surface area contributed by atoms with Crippen LogP contribution in [0.5, 0.6) is 5.88 Å². The number of carbonyl (C=O) groups is 1. The Bertz CT molecular complexity index is 761. The number of hydrogen-bond donors (Lipinski definition) is 0. The van der Waals surface area contributed by atoms with E-state index in [1.807, 2.05) is 11.0 Å². The Balaban J connectivity index is 1.43. The number of carbonyl (C=O) groups excluding carboxylic acids is 1. The van der Waals surface area contributed by atoms with Crippen LogP contribution in [0.15, 0.2) is 12.3 Å². The standard InChI is InChI=1S/C21H28N4O3/c1-27-20-17(13-22)18(5-9-23-20)24-10-7-21(8-11-24)6-4-19(26)25(15-21)14-16-3-2-12-28-16/h5,9,16H,2-4,6-8,10-12,14-15H2,1H3/t16-/m0/s1. The molecule has 3 aliphatic heterocycles. The van der Waals surface area contributed by atoms with E-state index in [1.54, 1.807) is 13.3 Å². The lowest BCUT2D eigenvalue weighted by atomic mass is 9.72. The fourth-order valence-corrected chi connectivity index (χ4v) is 4.89. The molecule has 3 fully saturated rings. The zero-order valence-corrected chi connectivity index (χ0v) is 16.5. The van der Waals surface area contributed by atoms with Crippen LogP contribution in [0.25, 0.3) is 0 Å². The summed E-state index contributed by atoms with van der Waals surface area (Å²) in [4.78, 5) is 20.9. The number of aromatic nitrogens is 1. The smallest absolute Gasteiger partial charge is 0.233 e. The molecule has 4 rings (SSSR count). The van der Waals surface area contributed by atoms with Gasteiger partial charge in [0.25, 0.3) is 0 Å². The third-order valence-electron chi connectivity index (χ3n) is 6.56. The molecule has 7 heteroatoms. The highest BCUT2D eigenvalue weighted by Crippen LogP contribution is 2.42. The summed E-state index contributed by atoms with van der Waals surface area (Å²) in [7, 11) is 1.54. The highest BCUT2D eigenvalue weighted by atomic mass is 16.5. The van der Waals surface area contributed by atoms with Gasteiger partial charge < -0.3 is 19.3 Å². The van der Waals surface area contributed by atoms with Gasteiger partial charge in [0.2, 0.25) is 11.8 Å². The first-order chi connectivity index (χ1) is 13.6. The van der Waals surface area contributed by atoms with E-state index < -0.39 is 0 Å². The van der Waals surface area contributed by atoms with Crippen molar-refractivity contribution in [2.75, 3.05) is 44.8 Å². The van der Waals surface area contributed by atoms with Crippen LogP contribution >= 0.6 is 0 Å². The number of pyridine rings is 1. The first kappa shape index (κ1) is 19.0. The number of likely N-dealkylation sites (tertiary alicyclic amines) is 1. The lowest BCUT2D eigenvalue weighted by Gasteiger charge is -2.48. The van der Waals surface area contributed by atoms with E-state index in [0.717, 1.165) is 70.6 Å². The van der Waals surface area contributed by atoms with Crippen LogP contribution in [0.3, 0.4) is 0 Å². The highest BCUT2D eigenvalue weighted by Gasteiger charge is 2.42. The van der Waals surface area contributed by atoms with Crippen LogP contribution in [-0.4, -0.2) is 61.8 Å². The number of anilines is 1. The topological polar surface area (TPSA) is 78.7 Å². The van der Waals surface area contributed by atoms with E-state index in [1.165, 1.54) is 0 Å². The third-order valence-corrected chi connectivity index (χ3v) is 6.56. The quantitative estimate of drug-likeness (QED) is 0.793. The Kier molecular flexibility index (Phi) is 5.40. The van der Waals surface area contributed by atoms with Crippen molar-refractivity contribution in [1.82, 2.24) is 9.88 Å². The van der Waals surface area contributed by atoms with Crippen LogP contribution < -0.4 is 9.64 Å². The van der Waals surface area contributed by atoms with Gasteiger partial charge in [0.05, 0.1) is 18.9 Å². The van der Waals surface area contributed by atoms with Crippen molar-refractivity contribution >= 4 is 11.6 Å². The van der Waals surface area contributed by atoms with E-state index in [4.69, 9.17) is 9.47 Å². The first-order valence-electron chi connectivity index (χ1n) is 10.2. The van der Waals surface area contributed by atoms with Gasteiger partial charge in [-0.05, 0) is 43.6 Å². The minimum Gasteiger partial charge on any atom is -0.480 e. The van der Waals surface area contributed by atoms with Crippen LogP contribution in [0.4, 0.5) is 5.69 Å². The Morgan fingerprint density at radius 1 is 1.39 bits per heavy atom. The number of nitrogens with zero attached hydrogens (tertiary/aromatic N) is 4. The fraction of sp³-hybridized carbons (Fsp3) is 0.667. The molecular formula is C21H28N4O3. The molecule has 1 aromatic heterocycles. The minimum atomic E-state index is 0.187. The highest BCUT2D eigenvalue weighted by molar-refractivity contribution is 5.77. The summed E-state index contributed by atoms with van der Waals surface area (Å²) in [6, 6.07) is 4.14. The number of piperidine rings is 2. The van der Waals surface area contributed by atoms with E-state index in [-0.39, 0.29) is 17.4 Å². The monoisotopic (exact) mass is 384 g/mol. The molecule has 0 N–H and O–H groups in total. The van der Waals surface area contributed by atoms with Crippen LogP contribution in [0, 0.1) is 16.7 Å². The maximum Gasteiger partial charge on any atom is 0.233 e. The second kappa shape index (κ2) is 7.96. The maximum absolute atomic E-state index is 12.5. The Hall–Kier alpha value is -2.33. The van der Waals surface area contributed by atoms with E-state index in [0.29, 0.717) is 17.9 Å².